The number of esters is 1. The zero-order valence-electron chi connectivity index (χ0n) is 20.3. The molecule has 0 aliphatic rings. The maximum atomic E-state index is 13.2. The van der Waals surface area contributed by atoms with Crippen molar-refractivity contribution in [3.63, 3.8) is 0 Å². The highest BCUT2D eigenvalue weighted by atomic mass is 16.5. The van der Waals surface area contributed by atoms with E-state index in [0.717, 1.165) is 0 Å². The summed E-state index contributed by atoms with van der Waals surface area (Å²) in [7, 11) is 1.28. The predicted octanol–water partition coefficient (Wildman–Crippen LogP) is 4.85. The minimum absolute atomic E-state index is 0.0184. The molecule has 2 heterocycles. The van der Waals surface area contributed by atoms with Gasteiger partial charge in [0.05, 0.1) is 24.4 Å². The summed E-state index contributed by atoms with van der Waals surface area (Å²) in [5, 5.41) is 37.1. The van der Waals surface area contributed by atoms with Crippen LogP contribution in [0.25, 0.3) is 16.7 Å². The Bertz CT molecular complexity index is 1770. The van der Waals surface area contributed by atoms with Crippen LogP contribution in [-0.4, -0.2) is 43.8 Å². The fourth-order valence-corrected chi connectivity index (χ4v) is 3.76. The number of nitriles is 1. The van der Waals surface area contributed by atoms with Crippen LogP contribution < -0.4 is 5.32 Å². The standard InChI is InChI=1S/C27H18N8O4/c1-39-26(38)16-7-9-19(10-8-16)32-25(37)21-13-17-5-2-3-6-20(17)22(23(21)36)33-34-24-18(14-28)15-31-35(24)27-29-11-4-12-30-27/h2-13,15,36H,1H3,(H,32,37)/b34-33+. The Morgan fingerprint density at radius 3 is 2.51 bits per heavy atom. The third-order valence-electron chi connectivity index (χ3n) is 5.65. The van der Waals surface area contributed by atoms with E-state index in [1.54, 1.807) is 42.5 Å². The van der Waals surface area contributed by atoms with Crippen molar-refractivity contribution in [1.82, 2.24) is 19.7 Å². The first-order chi connectivity index (χ1) is 19.0. The van der Waals surface area contributed by atoms with Gasteiger partial charge in [-0.25, -0.2) is 14.8 Å². The largest absolute Gasteiger partial charge is 0.505 e. The van der Waals surface area contributed by atoms with Gasteiger partial charge in [0.2, 0.25) is 0 Å². The second-order valence-electron chi connectivity index (χ2n) is 8.02. The molecule has 12 heteroatoms. The molecular weight excluding hydrogens is 500 g/mol. The van der Waals surface area contributed by atoms with Crippen LogP contribution in [0.1, 0.15) is 26.3 Å². The van der Waals surface area contributed by atoms with Crippen molar-refractivity contribution in [2.24, 2.45) is 10.2 Å². The van der Waals surface area contributed by atoms with Gasteiger partial charge >= 0.3 is 5.97 Å². The number of aromatic nitrogens is 4. The van der Waals surface area contributed by atoms with Gasteiger partial charge in [0.1, 0.15) is 17.3 Å². The number of hydrogen-bond acceptors (Lipinski definition) is 10. The van der Waals surface area contributed by atoms with E-state index in [9.17, 15) is 20.0 Å². The maximum absolute atomic E-state index is 13.2. The van der Waals surface area contributed by atoms with E-state index in [0.29, 0.717) is 22.0 Å². The van der Waals surface area contributed by atoms with E-state index in [1.165, 1.54) is 48.6 Å². The van der Waals surface area contributed by atoms with Crippen LogP contribution in [-0.2, 0) is 4.74 Å². The summed E-state index contributed by atoms with van der Waals surface area (Å²) in [6, 6.07) is 18.3. The molecule has 3 aromatic carbocycles. The number of fused-ring (bicyclic) bond motifs is 1. The summed E-state index contributed by atoms with van der Waals surface area (Å²) >= 11 is 0. The molecule has 39 heavy (non-hydrogen) atoms. The van der Waals surface area contributed by atoms with Gasteiger partial charge in [0, 0.05) is 23.5 Å². The molecule has 0 unspecified atom stereocenters. The number of nitrogens with one attached hydrogen (secondary N) is 1. The molecule has 2 aromatic heterocycles. The molecule has 2 N–H and O–H groups in total. The van der Waals surface area contributed by atoms with Crippen LogP contribution >= 0.6 is 0 Å². The summed E-state index contributed by atoms with van der Waals surface area (Å²) in [6.45, 7) is 0. The van der Waals surface area contributed by atoms with Crippen molar-refractivity contribution in [2.75, 3.05) is 12.4 Å². The normalized spacial score (nSPS) is 10.9. The first-order valence-electron chi connectivity index (χ1n) is 11.4. The Labute approximate surface area is 220 Å². The number of hydrogen-bond donors (Lipinski definition) is 2. The first kappa shape index (κ1) is 24.7. The van der Waals surface area contributed by atoms with Gasteiger partial charge < -0.3 is 15.2 Å². The second-order valence-corrected chi connectivity index (χ2v) is 8.02. The van der Waals surface area contributed by atoms with Crippen molar-refractivity contribution < 1.29 is 19.4 Å². The quantitative estimate of drug-likeness (QED) is 0.238. The van der Waals surface area contributed by atoms with Crippen molar-refractivity contribution in [2.45, 2.75) is 0 Å². The summed E-state index contributed by atoms with van der Waals surface area (Å²) in [5.74, 6) is -1.31. The number of rotatable bonds is 6. The molecule has 0 atom stereocenters. The van der Waals surface area contributed by atoms with Gasteiger partial charge in [-0.1, -0.05) is 24.3 Å². The van der Waals surface area contributed by atoms with Gasteiger partial charge in [-0.15, -0.1) is 10.2 Å². The number of methoxy groups -OCH3 is 1. The molecule has 0 radical (unpaired) electrons. The van der Waals surface area contributed by atoms with Crippen molar-refractivity contribution in [1.29, 1.82) is 5.26 Å². The number of azo groups is 1. The highest BCUT2D eigenvalue weighted by Gasteiger charge is 2.20. The SMILES string of the molecule is COC(=O)c1ccc(NC(=O)c2cc3ccccc3c(/N=N/c3c(C#N)cnn3-c3ncccn3)c2O)cc1. The zero-order valence-corrected chi connectivity index (χ0v) is 20.3. The first-order valence-corrected chi connectivity index (χ1v) is 11.4. The lowest BCUT2D eigenvalue weighted by molar-refractivity contribution is 0.0600. The van der Waals surface area contributed by atoms with E-state index in [1.807, 2.05) is 6.07 Å². The predicted molar refractivity (Wildman–Crippen MR) is 139 cm³/mol. The molecule has 0 aliphatic heterocycles. The van der Waals surface area contributed by atoms with Crippen molar-refractivity contribution in [3.8, 4) is 17.8 Å². The Balaban J connectivity index is 1.54. The lowest BCUT2D eigenvalue weighted by atomic mass is 10.0. The molecular formula is C27H18N8O4. The van der Waals surface area contributed by atoms with Gasteiger partial charge in [0.15, 0.2) is 11.6 Å². The third kappa shape index (κ3) is 4.87. The third-order valence-corrected chi connectivity index (χ3v) is 5.65. The van der Waals surface area contributed by atoms with Gasteiger partial charge in [0.25, 0.3) is 11.9 Å². The summed E-state index contributed by atoms with van der Waals surface area (Å²) in [6.07, 6.45) is 4.33. The average Bonchev–Trinajstić information content (AvgIpc) is 3.39. The van der Waals surface area contributed by atoms with E-state index >= 15 is 0 Å². The molecule has 1 amide bonds. The van der Waals surface area contributed by atoms with Gasteiger partial charge in [-0.3, -0.25) is 4.79 Å². The molecule has 12 nitrogen and oxygen atoms in total. The lowest BCUT2D eigenvalue weighted by Crippen LogP contribution is -2.12. The zero-order chi connectivity index (χ0) is 27.4. The number of amides is 1. The minimum atomic E-state index is -0.610. The monoisotopic (exact) mass is 518 g/mol. The fourth-order valence-electron chi connectivity index (χ4n) is 3.76. The van der Waals surface area contributed by atoms with E-state index in [4.69, 9.17) is 0 Å². The molecule has 0 fully saturated rings. The van der Waals surface area contributed by atoms with Crippen molar-refractivity contribution in [3.05, 3.63) is 95.9 Å². The minimum Gasteiger partial charge on any atom is -0.505 e. The molecule has 5 rings (SSSR count). The number of carbonyl (C=O) groups excluding carboxylic acids is 2. The van der Waals surface area contributed by atoms with E-state index in [2.05, 4.69) is 35.3 Å². The lowest BCUT2D eigenvalue weighted by Gasteiger charge is -2.11. The highest BCUT2D eigenvalue weighted by molar-refractivity contribution is 6.11. The van der Waals surface area contributed by atoms with Gasteiger partial charge in [-0.2, -0.15) is 15.0 Å². The number of phenolic OH excluding ortho intramolecular Hbond substituents is 1. The molecule has 0 saturated carbocycles. The number of nitrogens with zero attached hydrogens (tertiary/aromatic N) is 7. The van der Waals surface area contributed by atoms with Crippen LogP contribution in [0.5, 0.6) is 5.75 Å². The summed E-state index contributed by atoms with van der Waals surface area (Å²) in [5.41, 5.74) is 0.793. The van der Waals surface area contributed by atoms with E-state index in [-0.39, 0.29) is 28.6 Å². The number of aromatic hydroxyl groups is 1. The van der Waals surface area contributed by atoms with Crippen LogP contribution in [0.15, 0.2) is 89.5 Å². The molecule has 0 aliphatic carbocycles. The number of benzene rings is 3. The number of ether oxygens (including phenoxy) is 1. The maximum Gasteiger partial charge on any atom is 0.337 e. The topological polar surface area (TPSA) is 168 Å². The number of carbonyl (C=O) groups is 2. The average molecular weight is 518 g/mol. The Morgan fingerprint density at radius 1 is 1.05 bits per heavy atom. The van der Waals surface area contributed by atoms with Gasteiger partial charge in [-0.05, 0) is 41.8 Å². The smallest absolute Gasteiger partial charge is 0.337 e. The van der Waals surface area contributed by atoms with E-state index < -0.39 is 17.6 Å². The van der Waals surface area contributed by atoms with Crippen LogP contribution in [0.2, 0.25) is 0 Å². The highest BCUT2D eigenvalue weighted by Crippen LogP contribution is 2.40. The Kier molecular flexibility index (Phi) is 6.70. The molecule has 190 valence electrons. The van der Waals surface area contributed by atoms with Crippen LogP contribution in [0.3, 0.4) is 0 Å². The molecule has 0 saturated heterocycles. The Hall–Kier alpha value is -5.96. The van der Waals surface area contributed by atoms with Crippen LogP contribution in [0.4, 0.5) is 17.2 Å². The second kappa shape index (κ2) is 10.6. The molecule has 0 bridgehead atoms. The number of anilines is 1. The molecule has 0 spiro atoms. The van der Waals surface area contributed by atoms with Crippen molar-refractivity contribution >= 4 is 39.8 Å². The number of phenols is 1. The Morgan fingerprint density at radius 2 is 1.79 bits per heavy atom. The van der Waals surface area contributed by atoms with Crippen LogP contribution in [0, 0.1) is 11.3 Å². The summed E-state index contributed by atoms with van der Waals surface area (Å²) in [4.78, 5) is 33.1. The molecule has 5 aromatic rings. The summed E-state index contributed by atoms with van der Waals surface area (Å²) < 4.78 is 5.93. The fraction of sp³-hybridized carbons (Fsp3) is 0.0370.